The number of hydrogen-bond acceptors (Lipinski definition) is 2. The summed E-state index contributed by atoms with van der Waals surface area (Å²) in [6, 6.07) is 5.08. The van der Waals surface area contributed by atoms with Crippen LogP contribution in [0.1, 0.15) is 5.56 Å². The van der Waals surface area contributed by atoms with Gasteiger partial charge < -0.3 is 5.32 Å². The van der Waals surface area contributed by atoms with Crippen LogP contribution in [0.4, 0.5) is 0 Å². The number of nitrogens with one attached hydrogen (secondary N) is 1. The Balaban J connectivity index is 2.37. The average molecular weight is 287 g/mol. The van der Waals surface area contributed by atoms with Gasteiger partial charge in [-0.25, -0.2) is 0 Å². The van der Waals surface area contributed by atoms with Crippen LogP contribution in [0, 0.1) is 0 Å². The van der Waals surface area contributed by atoms with E-state index in [2.05, 4.69) is 5.32 Å². The van der Waals surface area contributed by atoms with E-state index in [4.69, 9.17) is 35.4 Å². The highest BCUT2D eigenvalue weighted by Crippen LogP contribution is 2.23. The zero-order chi connectivity index (χ0) is 12.6. The number of carbonyl (C=O) groups excluding carboxylic acids is 1. The second-order valence-corrected chi connectivity index (χ2v) is 4.75. The van der Waals surface area contributed by atoms with Crippen LogP contribution in [-0.4, -0.2) is 23.0 Å². The molecule has 0 atom stereocenters. The molecular weight excluding hydrogens is 279 g/mol. The molecule has 1 aromatic carbocycles. The molecule has 0 aromatic heterocycles. The molecule has 1 saturated heterocycles. The number of rotatable bonds is 1. The Morgan fingerprint density at radius 1 is 1.41 bits per heavy atom. The van der Waals surface area contributed by atoms with Gasteiger partial charge in [-0.2, -0.15) is 0 Å². The maximum atomic E-state index is 11.7. The van der Waals surface area contributed by atoms with Gasteiger partial charge in [0.25, 0.3) is 5.91 Å². The van der Waals surface area contributed by atoms with Crippen LogP contribution in [0.15, 0.2) is 23.9 Å². The molecule has 1 heterocycles. The van der Waals surface area contributed by atoms with E-state index in [1.807, 2.05) is 0 Å². The van der Waals surface area contributed by atoms with Crippen molar-refractivity contribution in [1.29, 1.82) is 0 Å². The molecule has 0 radical (unpaired) electrons. The van der Waals surface area contributed by atoms with E-state index in [9.17, 15) is 4.79 Å². The van der Waals surface area contributed by atoms with Crippen molar-refractivity contribution in [1.82, 2.24) is 10.2 Å². The van der Waals surface area contributed by atoms with Crippen LogP contribution in [0.3, 0.4) is 0 Å². The predicted octanol–water partition coefficient (Wildman–Crippen LogP) is 2.68. The van der Waals surface area contributed by atoms with Gasteiger partial charge in [-0.3, -0.25) is 9.69 Å². The standard InChI is InChI=1S/C11H8Cl2N2OS/c1-15-10(16)9(14-11(15)17)4-6-2-3-7(12)5-8(6)13/h2-5H,1H3,(H,14,17)/b9-4-. The number of halogens is 2. The molecule has 0 saturated carbocycles. The van der Waals surface area contributed by atoms with Gasteiger partial charge in [-0.05, 0) is 36.0 Å². The number of likely N-dealkylation sites (N-methyl/N-ethyl adjacent to an activating group) is 1. The lowest BCUT2D eigenvalue weighted by atomic mass is 10.2. The van der Waals surface area contributed by atoms with E-state index < -0.39 is 0 Å². The van der Waals surface area contributed by atoms with Gasteiger partial charge in [0.2, 0.25) is 0 Å². The van der Waals surface area contributed by atoms with Crippen molar-refractivity contribution in [2.45, 2.75) is 0 Å². The molecule has 1 N–H and O–H groups in total. The maximum Gasteiger partial charge on any atom is 0.276 e. The van der Waals surface area contributed by atoms with Crippen molar-refractivity contribution >= 4 is 52.5 Å². The van der Waals surface area contributed by atoms with Crippen LogP contribution in [0.5, 0.6) is 0 Å². The Labute approximate surface area is 114 Å². The van der Waals surface area contributed by atoms with E-state index in [0.29, 0.717) is 26.4 Å². The fraction of sp³-hybridized carbons (Fsp3) is 0.0909. The molecule has 88 valence electrons. The Hall–Kier alpha value is -1.10. The second kappa shape index (κ2) is 4.64. The van der Waals surface area contributed by atoms with Gasteiger partial charge in [-0.1, -0.05) is 29.3 Å². The van der Waals surface area contributed by atoms with Gasteiger partial charge in [0.15, 0.2) is 5.11 Å². The predicted molar refractivity (Wildman–Crippen MR) is 72.9 cm³/mol. The molecule has 3 nitrogen and oxygen atoms in total. The van der Waals surface area contributed by atoms with Crippen LogP contribution in [-0.2, 0) is 4.79 Å². The maximum absolute atomic E-state index is 11.7. The topological polar surface area (TPSA) is 32.3 Å². The first-order chi connectivity index (χ1) is 7.99. The molecule has 1 aliphatic heterocycles. The van der Waals surface area contributed by atoms with Crippen molar-refractivity contribution < 1.29 is 4.79 Å². The molecule has 0 aliphatic carbocycles. The van der Waals surface area contributed by atoms with Gasteiger partial charge in [0.1, 0.15) is 5.70 Å². The highest BCUT2D eigenvalue weighted by Gasteiger charge is 2.27. The lowest BCUT2D eigenvalue weighted by molar-refractivity contribution is -0.121. The summed E-state index contributed by atoms with van der Waals surface area (Å²) in [5, 5.41) is 4.24. The summed E-state index contributed by atoms with van der Waals surface area (Å²) in [5.74, 6) is -0.180. The first-order valence-electron chi connectivity index (χ1n) is 4.75. The third kappa shape index (κ3) is 2.44. The molecule has 1 aromatic rings. The molecule has 6 heteroatoms. The minimum atomic E-state index is -0.180. The summed E-state index contributed by atoms with van der Waals surface area (Å²) in [7, 11) is 1.61. The van der Waals surface area contributed by atoms with Crippen molar-refractivity contribution in [3.8, 4) is 0 Å². The van der Waals surface area contributed by atoms with Crippen LogP contribution in [0.2, 0.25) is 10.0 Å². The third-order valence-corrected chi connectivity index (χ3v) is 3.28. The third-order valence-electron chi connectivity index (χ3n) is 2.34. The minimum absolute atomic E-state index is 0.180. The number of hydrogen-bond donors (Lipinski definition) is 1. The quantitative estimate of drug-likeness (QED) is 0.636. The molecule has 17 heavy (non-hydrogen) atoms. The summed E-state index contributed by atoms with van der Waals surface area (Å²) < 4.78 is 0. The lowest BCUT2D eigenvalue weighted by Crippen LogP contribution is -2.25. The molecule has 0 bridgehead atoms. The van der Waals surface area contributed by atoms with Gasteiger partial charge >= 0.3 is 0 Å². The first-order valence-corrected chi connectivity index (χ1v) is 5.91. The summed E-state index contributed by atoms with van der Waals surface area (Å²) in [6.07, 6.45) is 1.65. The molecule has 0 spiro atoms. The number of benzene rings is 1. The minimum Gasteiger partial charge on any atom is -0.328 e. The number of carbonyl (C=O) groups is 1. The molecule has 1 fully saturated rings. The smallest absolute Gasteiger partial charge is 0.276 e. The summed E-state index contributed by atoms with van der Waals surface area (Å²) in [4.78, 5) is 13.1. The van der Waals surface area contributed by atoms with Crippen molar-refractivity contribution in [2.24, 2.45) is 0 Å². The highest BCUT2D eigenvalue weighted by atomic mass is 35.5. The van der Waals surface area contributed by atoms with Gasteiger partial charge in [-0.15, -0.1) is 0 Å². The average Bonchev–Trinajstić information content (AvgIpc) is 2.50. The SMILES string of the molecule is CN1C(=O)/C(=C/c2ccc(Cl)cc2Cl)NC1=S. The van der Waals surface area contributed by atoms with Crippen molar-refractivity contribution in [3.63, 3.8) is 0 Å². The molecule has 1 aliphatic rings. The first kappa shape index (κ1) is 12.4. The van der Waals surface area contributed by atoms with Gasteiger partial charge in [0, 0.05) is 17.1 Å². The number of nitrogens with zero attached hydrogens (tertiary/aromatic N) is 1. The summed E-state index contributed by atoms with van der Waals surface area (Å²) in [6.45, 7) is 0. The Morgan fingerprint density at radius 3 is 2.65 bits per heavy atom. The van der Waals surface area contributed by atoms with E-state index in [-0.39, 0.29) is 5.91 Å². The fourth-order valence-corrected chi connectivity index (χ4v) is 2.05. The van der Waals surface area contributed by atoms with E-state index in [1.165, 1.54) is 4.90 Å². The fourth-order valence-electron chi connectivity index (χ4n) is 1.40. The highest BCUT2D eigenvalue weighted by molar-refractivity contribution is 7.80. The summed E-state index contributed by atoms with van der Waals surface area (Å²) >= 11 is 16.8. The molecule has 0 unspecified atom stereocenters. The largest absolute Gasteiger partial charge is 0.328 e. The second-order valence-electron chi connectivity index (χ2n) is 3.52. The zero-order valence-electron chi connectivity index (χ0n) is 8.83. The van der Waals surface area contributed by atoms with Crippen LogP contribution in [0.25, 0.3) is 6.08 Å². The lowest BCUT2D eigenvalue weighted by Gasteiger charge is -2.02. The van der Waals surface area contributed by atoms with Crippen LogP contribution >= 0.6 is 35.4 Å². The Bertz CT molecular complexity index is 542. The molecule has 1 amide bonds. The number of thiocarbonyl (C=S) groups is 1. The Kier molecular flexibility index (Phi) is 3.38. The van der Waals surface area contributed by atoms with E-state index in [0.717, 1.165) is 0 Å². The zero-order valence-corrected chi connectivity index (χ0v) is 11.2. The van der Waals surface area contributed by atoms with E-state index in [1.54, 1.807) is 31.3 Å². The van der Waals surface area contributed by atoms with E-state index >= 15 is 0 Å². The molecular formula is C11H8Cl2N2OS. The number of amides is 1. The van der Waals surface area contributed by atoms with Gasteiger partial charge in [0.05, 0.1) is 0 Å². The summed E-state index contributed by atoms with van der Waals surface area (Å²) in [5.41, 5.74) is 1.12. The van der Waals surface area contributed by atoms with Crippen LogP contribution < -0.4 is 5.32 Å². The normalized spacial score (nSPS) is 17.8. The van der Waals surface area contributed by atoms with Crippen molar-refractivity contribution in [3.05, 3.63) is 39.5 Å². The monoisotopic (exact) mass is 286 g/mol. The Morgan fingerprint density at radius 2 is 2.12 bits per heavy atom. The molecule has 2 rings (SSSR count). The van der Waals surface area contributed by atoms with Crippen molar-refractivity contribution in [2.75, 3.05) is 7.05 Å².